The smallest absolute Gasteiger partial charge is 0.253 e. The van der Waals surface area contributed by atoms with Gasteiger partial charge in [-0.1, -0.05) is 0 Å². The molecule has 0 spiro atoms. The summed E-state index contributed by atoms with van der Waals surface area (Å²) in [6, 6.07) is 13.5. The first-order valence-corrected chi connectivity index (χ1v) is 10.4. The van der Waals surface area contributed by atoms with Gasteiger partial charge in [0.15, 0.2) is 0 Å². The van der Waals surface area contributed by atoms with Crippen molar-refractivity contribution in [3.63, 3.8) is 0 Å². The van der Waals surface area contributed by atoms with Crippen molar-refractivity contribution in [2.75, 3.05) is 56.0 Å². The highest BCUT2D eigenvalue weighted by atomic mass is 19.1. The lowest BCUT2D eigenvalue weighted by Crippen LogP contribution is -2.48. The Labute approximate surface area is 177 Å². The highest BCUT2D eigenvalue weighted by Gasteiger charge is 2.19. The Morgan fingerprint density at radius 3 is 2.10 bits per heavy atom. The second-order valence-electron chi connectivity index (χ2n) is 7.34. The molecule has 0 unspecified atom stereocenters. The van der Waals surface area contributed by atoms with Crippen molar-refractivity contribution in [2.24, 2.45) is 0 Å². The maximum Gasteiger partial charge on any atom is 0.253 e. The minimum atomic E-state index is -0.237. The molecule has 2 amide bonds. The topological polar surface area (TPSA) is 55.9 Å². The van der Waals surface area contributed by atoms with Crippen LogP contribution in [-0.2, 0) is 4.79 Å². The second kappa shape index (κ2) is 10.2. The van der Waals surface area contributed by atoms with E-state index >= 15 is 0 Å². The first-order chi connectivity index (χ1) is 14.5. The lowest BCUT2D eigenvalue weighted by Gasteiger charge is -2.35. The molecule has 30 heavy (non-hydrogen) atoms. The number of piperazine rings is 1. The van der Waals surface area contributed by atoms with Crippen molar-refractivity contribution in [3.05, 3.63) is 59.9 Å². The summed E-state index contributed by atoms with van der Waals surface area (Å²) in [6.07, 6.45) is 0. The fourth-order valence-corrected chi connectivity index (χ4v) is 3.61. The van der Waals surface area contributed by atoms with Crippen molar-refractivity contribution in [3.8, 4) is 0 Å². The van der Waals surface area contributed by atoms with E-state index in [2.05, 4.69) is 15.1 Å². The summed E-state index contributed by atoms with van der Waals surface area (Å²) in [4.78, 5) is 30.8. The SMILES string of the molecule is CCN(CC)C(=O)c1ccc(NC(=O)CN2CCN(c3ccc(F)cc3)CC2)cc1. The Bertz CT molecular complexity index is 843. The predicted octanol–water partition coefficient (Wildman–Crippen LogP) is 3.07. The van der Waals surface area contributed by atoms with Crippen LogP contribution in [0.25, 0.3) is 0 Å². The van der Waals surface area contributed by atoms with Crippen LogP contribution in [0, 0.1) is 5.82 Å². The van der Waals surface area contributed by atoms with Gasteiger partial charge < -0.3 is 15.1 Å². The Kier molecular flexibility index (Phi) is 7.41. The molecular formula is C23H29FN4O2. The fraction of sp³-hybridized carbons (Fsp3) is 0.391. The van der Waals surface area contributed by atoms with Crippen LogP contribution >= 0.6 is 0 Å². The molecule has 1 aliphatic heterocycles. The molecule has 0 bridgehead atoms. The van der Waals surface area contributed by atoms with Gasteiger partial charge in [0.05, 0.1) is 6.54 Å². The Morgan fingerprint density at radius 2 is 1.53 bits per heavy atom. The third-order valence-corrected chi connectivity index (χ3v) is 5.40. The van der Waals surface area contributed by atoms with Crippen LogP contribution in [0.3, 0.4) is 0 Å². The zero-order valence-corrected chi connectivity index (χ0v) is 17.6. The van der Waals surface area contributed by atoms with Gasteiger partial charge in [0, 0.05) is 56.2 Å². The zero-order valence-electron chi connectivity index (χ0n) is 17.6. The standard InChI is InChI=1S/C23H29FN4O2/c1-3-27(4-2)23(30)18-5-9-20(10-6-18)25-22(29)17-26-13-15-28(16-14-26)21-11-7-19(24)8-12-21/h5-12H,3-4,13-17H2,1-2H3,(H,25,29). The highest BCUT2D eigenvalue weighted by Crippen LogP contribution is 2.17. The van der Waals surface area contributed by atoms with E-state index in [0.717, 1.165) is 31.9 Å². The van der Waals surface area contributed by atoms with Gasteiger partial charge in [0.25, 0.3) is 5.91 Å². The minimum Gasteiger partial charge on any atom is -0.369 e. The monoisotopic (exact) mass is 412 g/mol. The summed E-state index contributed by atoms with van der Waals surface area (Å²) in [5.74, 6) is -0.315. The third kappa shape index (κ3) is 5.57. The Hall–Kier alpha value is -2.93. The first kappa shape index (κ1) is 21.8. The number of amides is 2. The van der Waals surface area contributed by atoms with Crippen LogP contribution in [0.2, 0.25) is 0 Å². The number of carbonyl (C=O) groups is 2. The van der Waals surface area contributed by atoms with Crippen LogP contribution in [0.4, 0.5) is 15.8 Å². The van der Waals surface area contributed by atoms with Crippen LogP contribution < -0.4 is 10.2 Å². The highest BCUT2D eigenvalue weighted by molar-refractivity contribution is 5.96. The summed E-state index contributed by atoms with van der Waals surface area (Å²) >= 11 is 0. The number of hydrogen-bond acceptors (Lipinski definition) is 4. The predicted molar refractivity (Wildman–Crippen MR) is 117 cm³/mol. The lowest BCUT2D eigenvalue weighted by molar-refractivity contribution is -0.117. The molecule has 7 heteroatoms. The first-order valence-electron chi connectivity index (χ1n) is 10.4. The molecule has 3 rings (SSSR count). The van der Waals surface area contributed by atoms with Gasteiger partial charge in [0.1, 0.15) is 5.82 Å². The number of halogens is 1. The molecule has 1 aliphatic rings. The number of carbonyl (C=O) groups excluding carboxylic acids is 2. The molecule has 0 saturated carbocycles. The van der Waals surface area contributed by atoms with E-state index in [4.69, 9.17) is 0 Å². The summed E-state index contributed by atoms with van der Waals surface area (Å²) in [6.45, 7) is 8.68. The van der Waals surface area contributed by atoms with Gasteiger partial charge in [-0.05, 0) is 62.4 Å². The van der Waals surface area contributed by atoms with Gasteiger partial charge in [-0.2, -0.15) is 0 Å². The number of benzene rings is 2. The van der Waals surface area contributed by atoms with E-state index in [9.17, 15) is 14.0 Å². The van der Waals surface area contributed by atoms with Crippen molar-refractivity contribution in [2.45, 2.75) is 13.8 Å². The molecule has 2 aromatic carbocycles. The molecule has 6 nitrogen and oxygen atoms in total. The van der Waals surface area contributed by atoms with Gasteiger partial charge in [-0.25, -0.2) is 4.39 Å². The zero-order chi connectivity index (χ0) is 21.5. The van der Waals surface area contributed by atoms with E-state index in [1.165, 1.54) is 12.1 Å². The molecule has 0 atom stereocenters. The van der Waals surface area contributed by atoms with E-state index in [1.807, 2.05) is 13.8 Å². The van der Waals surface area contributed by atoms with Gasteiger partial charge >= 0.3 is 0 Å². The van der Waals surface area contributed by atoms with Crippen molar-refractivity contribution in [1.29, 1.82) is 0 Å². The number of nitrogens with zero attached hydrogens (tertiary/aromatic N) is 3. The summed E-state index contributed by atoms with van der Waals surface area (Å²) in [5.41, 5.74) is 2.30. The molecule has 0 aliphatic carbocycles. The summed E-state index contributed by atoms with van der Waals surface area (Å²) < 4.78 is 13.1. The van der Waals surface area contributed by atoms with Crippen molar-refractivity contribution < 1.29 is 14.0 Å². The van der Waals surface area contributed by atoms with Gasteiger partial charge in [-0.3, -0.25) is 14.5 Å². The normalized spacial score (nSPS) is 14.4. The molecular weight excluding hydrogens is 383 g/mol. The number of nitrogens with one attached hydrogen (secondary N) is 1. The maximum absolute atomic E-state index is 13.1. The van der Waals surface area contributed by atoms with Gasteiger partial charge in [-0.15, -0.1) is 0 Å². The Morgan fingerprint density at radius 1 is 0.933 bits per heavy atom. The van der Waals surface area contributed by atoms with Crippen LogP contribution in [0.15, 0.2) is 48.5 Å². The quantitative estimate of drug-likeness (QED) is 0.760. The summed E-state index contributed by atoms with van der Waals surface area (Å²) in [7, 11) is 0. The molecule has 1 N–H and O–H groups in total. The molecule has 0 aromatic heterocycles. The van der Waals surface area contributed by atoms with E-state index in [-0.39, 0.29) is 17.6 Å². The molecule has 1 heterocycles. The third-order valence-electron chi connectivity index (χ3n) is 5.40. The number of anilines is 2. The minimum absolute atomic E-state index is 0.00287. The van der Waals surface area contributed by atoms with Crippen LogP contribution in [-0.4, -0.2) is 67.4 Å². The Balaban J connectivity index is 1.47. The van der Waals surface area contributed by atoms with E-state index < -0.39 is 0 Å². The summed E-state index contributed by atoms with van der Waals surface area (Å²) in [5, 5.41) is 2.90. The molecule has 1 fully saturated rings. The van der Waals surface area contributed by atoms with Crippen LogP contribution in [0.1, 0.15) is 24.2 Å². The molecule has 0 radical (unpaired) electrons. The maximum atomic E-state index is 13.1. The molecule has 160 valence electrons. The van der Waals surface area contributed by atoms with E-state index in [0.29, 0.717) is 30.9 Å². The molecule has 2 aromatic rings. The average molecular weight is 413 g/mol. The van der Waals surface area contributed by atoms with Crippen molar-refractivity contribution in [1.82, 2.24) is 9.80 Å². The second-order valence-corrected chi connectivity index (χ2v) is 7.34. The van der Waals surface area contributed by atoms with Gasteiger partial charge in [0.2, 0.25) is 5.91 Å². The number of rotatable bonds is 7. The van der Waals surface area contributed by atoms with E-state index in [1.54, 1.807) is 41.3 Å². The van der Waals surface area contributed by atoms with Crippen LogP contribution in [0.5, 0.6) is 0 Å². The molecule has 1 saturated heterocycles. The lowest BCUT2D eigenvalue weighted by atomic mass is 10.1. The fourth-order valence-electron chi connectivity index (χ4n) is 3.61. The average Bonchev–Trinajstić information content (AvgIpc) is 2.76. The largest absolute Gasteiger partial charge is 0.369 e. The number of hydrogen-bond donors (Lipinski definition) is 1. The van der Waals surface area contributed by atoms with Crippen molar-refractivity contribution >= 4 is 23.2 Å².